The number of pyridine rings is 1. The second-order valence-electron chi connectivity index (χ2n) is 4.08. The van der Waals surface area contributed by atoms with Gasteiger partial charge in [0.1, 0.15) is 0 Å². The Bertz CT molecular complexity index is 517. The molecule has 2 rings (SSSR count). The quantitative estimate of drug-likeness (QED) is 0.758. The number of methoxy groups -OCH3 is 1. The summed E-state index contributed by atoms with van der Waals surface area (Å²) in [7, 11) is 1.63. The van der Waals surface area contributed by atoms with E-state index in [4.69, 9.17) is 21.1 Å². The molecule has 1 aromatic carbocycles. The molecular weight excluding hydrogens is 262 g/mol. The van der Waals surface area contributed by atoms with Crippen molar-refractivity contribution in [2.75, 3.05) is 13.7 Å². The van der Waals surface area contributed by atoms with Gasteiger partial charge < -0.3 is 9.47 Å². The molecule has 100 valence electrons. The smallest absolute Gasteiger partial charge is 0.161 e. The van der Waals surface area contributed by atoms with Gasteiger partial charge in [-0.25, -0.2) is 0 Å². The summed E-state index contributed by atoms with van der Waals surface area (Å²) < 4.78 is 11.0. The zero-order valence-electron chi connectivity index (χ0n) is 10.8. The molecule has 0 atom stereocenters. The Labute approximate surface area is 118 Å². The van der Waals surface area contributed by atoms with E-state index in [1.165, 1.54) is 0 Å². The van der Waals surface area contributed by atoms with Crippen LogP contribution in [0.1, 0.15) is 11.1 Å². The average Bonchev–Trinajstić information content (AvgIpc) is 2.48. The molecule has 0 aliphatic carbocycles. The molecule has 0 N–H and O–H groups in total. The molecule has 0 aliphatic heterocycles. The number of hydrogen-bond donors (Lipinski definition) is 0. The van der Waals surface area contributed by atoms with Crippen molar-refractivity contribution >= 4 is 11.6 Å². The van der Waals surface area contributed by atoms with Crippen LogP contribution < -0.4 is 9.47 Å². The Morgan fingerprint density at radius 3 is 2.74 bits per heavy atom. The number of rotatable bonds is 6. The van der Waals surface area contributed by atoms with Gasteiger partial charge in [-0.15, -0.1) is 11.6 Å². The number of hydrogen-bond acceptors (Lipinski definition) is 3. The third kappa shape index (κ3) is 3.86. The predicted molar refractivity (Wildman–Crippen MR) is 76.0 cm³/mol. The van der Waals surface area contributed by atoms with Crippen molar-refractivity contribution < 1.29 is 9.47 Å². The molecule has 0 saturated carbocycles. The van der Waals surface area contributed by atoms with Crippen LogP contribution in [0.25, 0.3) is 0 Å². The van der Waals surface area contributed by atoms with E-state index in [2.05, 4.69) is 4.98 Å². The molecule has 0 aliphatic rings. The summed E-state index contributed by atoms with van der Waals surface area (Å²) in [4.78, 5) is 4.07. The van der Waals surface area contributed by atoms with Gasteiger partial charge in [-0.3, -0.25) is 4.98 Å². The second kappa shape index (κ2) is 7.00. The maximum atomic E-state index is 5.82. The molecule has 4 heteroatoms. The minimum atomic E-state index is 0.461. The standard InChI is InChI=1S/C15H16ClNO2/c1-18-14-5-4-13(10-16)9-15(14)19-8-6-12-3-2-7-17-11-12/h2-5,7,9,11H,6,8,10H2,1H3. The monoisotopic (exact) mass is 277 g/mol. The highest BCUT2D eigenvalue weighted by atomic mass is 35.5. The fourth-order valence-electron chi connectivity index (χ4n) is 1.74. The first-order valence-electron chi connectivity index (χ1n) is 6.08. The molecule has 0 spiro atoms. The maximum absolute atomic E-state index is 5.82. The van der Waals surface area contributed by atoms with Gasteiger partial charge in [0.25, 0.3) is 0 Å². The van der Waals surface area contributed by atoms with E-state index < -0.39 is 0 Å². The molecule has 0 amide bonds. The van der Waals surface area contributed by atoms with Crippen molar-refractivity contribution in [2.45, 2.75) is 12.3 Å². The van der Waals surface area contributed by atoms with Gasteiger partial charge in [-0.05, 0) is 29.3 Å². The summed E-state index contributed by atoms with van der Waals surface area (Å²) >= 11 is 5.82. The van der Waals surface area contributed by atoms with E-state index in [9.17, 15) is 0 Å². The highest BCUT2D eigenvalue weighted by molar-refractivity contribution is 6.17. The van der Waals surface area contributed by atoms with Gasteiger partial charge in [0, 0.05) is 24.7 Å². The van der Waals surface area contributed by atoms with Crippen LogP contribution in [-0.4, -0.2) is 18.7 Å². The van der Waals surface area contributed by atoms with Gasteiger partial charge in [0.2, 0.25) is 0 Å². The highest BCUT2D eigenvalue weighted by Gasteiger charge is 2.05. The summed E-state index contributed by atoms with van der Waals surface area (Å²) in [6.45, 7) is 0.577. The lowest BCUT2D eigenvalue weighted by Crippen LogP contribution is -2.03. The van der Waals surface area contributed by atoms with Gasteiger partial charge in [-0.2, -0.15) is 0 Å². The van der Waals surface area contributed by atoms with Crippen molar-refractivity contribution in [1.82, 2.24) is 4.98 Å². The summed E-state index contributed by atoms with van der Waals surface area (Å²) in [5, 5.41) is 0. The lowest BCUT2D eigenvalue weighted by Gasteiger charge is -2.11. The van der Waals surface area contributed by atoms with Crippen LogP contribution >= 0.6 is 11.6 Å². The van der Waals surface area contributed by atoms with Gasteiger partial charge >= 0.3 is 0 Å². The lowest BCUT2D eigenvalue weighted by molar-refractivity contribution is 0.297. The molecule has 0 bridgehead atoms. The van der Waals surface area contributed by atoms with Crippen molar-refractivity contribution in [3.8, 4) is 11.5 Å². The van der Waals surface area contributed by atoms with Crippen LogP contribution in [0.2, 0.25) is 0 Å². The Morgan fingerprint density at radius 2 is 2.05 bits per heavy atom. The molecular formula is C15H16ClNO2. The van der Waals surface area contributed by atoms with Crippen LogP contribution in [0.3, 0.4) is 0 Å². The molecule has 0 unspecified atom stereocenters. The van der Waals surface area contributed by atoms with Crippen LogP contribution in [0.5, 0.6) is 11.5 Å². The van der Waals surface area contributed by atoms with Crippen LogP contribution in [-0.2, 0) is 12.3 Å². The first-order chi connectivity index (χ1) is 9.33. The summed E-state index contributed by atoms with van der Waals surface area (Å²) in [6, 6.07) is 9.67. The predicted octanol–water partition coefficient (Wildman–Crippen LogP) is 3.45. The Balaban J connectivity index is 1.98. The van der Waals surface area contributed by atoms with E-state index in [0.717, 1.165) is 29.0 Å². The van der Waals surface area contributed by atoms with E-state index in [1.54, 1.807) is 13.3 Å². The number of halogens is 1. The average molecular weight is 278 g/mol. The van der Waals surface area contributed by atoms with Gasteiger partial charge in [0.05, 0.1) is 13.7 Å². The van der Waals surface area contributed by atoms with E-state index in [-0.39, 0.29) is 0 Å². The molecule has 1 heterocycles. The van der Waals surface area contributed by atoms with Gasteiger partial charge in [-0.1, -0.05) is 12.1 Å². The topological polar surface area (TPSA) is 31.4 Å². The summed E-state index contributed by atoms with van der Waals surface area (Å²) in [5.41, 5.74) is 2.16. The van der Waals surface area contributed by atoms with Crippen LogP contribution in [0, 0.1) is 0 Å². The minimum absolute atomic E-state index is 0.461. The fourth-order valence-corrected chi connectivity index (χ4v) is 1.91. The van der Waals surface area contributed by atoms with E-state index in [1.807, 2.05) is 36.5 Å². The maximum Gasteiger partial charge on any atom is 0.161 e. The molecule has 0 radical (unpaired) electrons. The molecule has 2 aromatic rings. The van der Waals surface area contributed by atoms with E-state index >= 15 is 0 Å². The molecule has 19 heavy (non-hydrogen) atoms. The van der Waals surface area contributed by atoms with E-state index in [0.29, 0.717) is 12.5 Å². The SMILES string of the molecule is COc1ccc(CCl)cc1OCCc1cccnc1. The first-order valence-corrected chi connectivity index (χ1v) is 6.61. The van der Waals surface area contributed by atoms with Crippen molar-refractivity contribution in [2.24, 2.45) is 0 Å². The van der Waals surface area contributed by atoms with Crippen LogP contribution in [0.15, 0.2) is 42.7 Å². The highest BCUT2D eigenvalue weighted by Crippen LogP contribution is 2.28. The third-order valence-electron chi connectivity index (χ3n) is 2.75. The normalized spacial score (nSPS) is 10.2. The number of nitrogens with zero attached hydrogens (tertiary/aromatic N) is 1. The largest absolute Gasteiger partial charge is 0.493 e. The summed E-state index contributed by atoms with van der Waals surface area (Å²) in [6.07, 6.45) is 4.41. The van der Waals surface area contributed by atoms with Crippen molar-refractivity contribution in [3.05, 3.63) is 53.9 Å². The first kappa shape index (κ1) is 13.7. The Hall–Kier alpha value is -1.74. The Morgan fingerprint density at radius 1 is 1.16 bits per heavy atom. The third-order valence-corrected chi connectivity index (χ3v) is 3.06. The van der Waals surface area contributed by atoms with Gasteiger partial charge in [0.15, 0.2) is 11.5 Å². The molecule has 3 nitrogen and oxygen atoms in total. The minimum Gasteiger partial charge on any atom is -0.493 e. The molecule has 0 fully saturated rings. The second-order valence-corrected chi connectivity index (χ2v) is 4.35. The lowest BCUT2D eigenvalue weighted by atomic mass is 10.2. The van der Waals surface area contributed by atoms with Crippen molar-refractivity contribution in [1.29, 1.82) is 0 Å². The molecule has 1 aromatic heterocycles. The number of alkyl halides is 1. The number of benzene rings is 1. The summed E-state index contributed by atoms with van der Waals surface area (Å²) in [5.74, 6) is 1.91. The number of ether oxygens (including phenoxy) is 2. The Kier molecular flexibility index (Phi) is 5.04. The fraction of sp³-hybridized carbons (Fsp3) is 0.267. The number of aromatic nitrogens is 1. The van der Waals surface area contributed by atoms with Crippen molar-refractivity contribution in [3.63, 3.8) is 0 Å². The molecule has 0 saturated heterocycles. The van der Waals surface area contributed by atoms with Crippen LogP contribution in [0.4, 0.5) is 0 Å². The zero-order valence-corrected chi connectivity index (χ0v) is 11.6. The zero-order chi connectivity index (χ0) is 13.5.